The Labute approximate surface area is 156 Å². The molecule has 0 aliphatic rings. The molecule has 0 amide bonds. The Morgan fingerprint density at radius 3 is 2.22 bits per heavy atom. The predicted molar refractivity (Wildman–Crippen MR) is 93.9 cm³/mol. The first-order valence-electron chi connectivity index (χ1n) is 7.06. The van der Waals surface area contributed by atoms with Crippen LogP contribution in [0.5, 0.6) is 5.75 Å². The average molecular weight is 341 g/mol. The molecule has 0 aliphatic heterocycles. The zero-order valence-corrected chi connectivity index (χ0v) is 15.8. The van der Waals surface area contributed by atoms with Crippen LogP contribution < -0.4 is 28.9 Å². The normalized spacial score (nSPS) is 11.3. The van der Waals surface area contributed by atoms with E-state index in [9.17, 15) is 4.79 Å². The largest absolute Gasteiger partial charge is 1.00 e. The number of halogens is 1. The quantitative estimate of drug-likeness (QED) is 0.630. The second kappa shape index (κ2) is 8.36. The Kier molecular flexibility index (Phi) is 7.37. The molecule has 116 valence electrons. The van der Waals surface area contributed by atoms with Crippen molar-refractivity contribution in [3.63, 3.8) is 0 Å². The van der Waals surface area contributed by atoms with Crippen molar-refractivity contribution < 1.29 is 28.4 Å². The van der Waals surface area contributed by atoms with Crippen LogP contribution in [0.3, 0.4) is 0 Å². The molecule has 0 N–H and O–H groups in total. The van der Waals surface area contributed by atoms with Gasteiger partial charge in [0, 0.05) is 16.1 Å². The van der Waals surface area contributed by atoms with Crippen LogP contribution in [0, 0.1) is 6.92 Å². The zero-order chi connectivity index (χ0) is 16.3. The van der Waals surface area contributed by atoms with Gasteiger partial charge in [0.1, 0.15) is 11.4 Å². The van der Waals surface area contributed by atoms with Crippen molar-refractivity contribution in [1.29, 1.82) is 0 Å². The minimum atomic E-state index is -0.232. The van der Waals surface area contributed by atoms with Gasteiger partial charge in [0.25, 0.3) is 0 Å². The van der Waals surface area contributed by atoms with Crippen molar-refractivity contribution in [2.75, 3.05) is 0 Å². The summed E-state index contributed by atoms with van der Waals surface area (Å²) >= 11 is 6.14. The first-order chi connectivity index (χ1) is 10.3. The molecule has 0 aromatic heterocycles. The van der Waals surface area contributed by atoms with E-state index in [2.05, 4.69) is 0 Å². The van der Waals surface area contributed by atoms with Crippen LogP contribution >= 0.6 is 20.2 Å². The third kappa shape index (κ3) is 5.98. The molecule has 0 heterocycles. The standard InChI is InChI=1S/C18H19ClO2P.Li/c1-12-6-5-7-15(19)16(12)17(20)22-14-10-8-13(9-11-14)21-18(2,3)4;/h5-11H,1-4H3;/q-1;+1. The fraction of sp³-hybridized carbons (Fsp3) is 0.278. The number of ether oxygens (including phenoxy) is 1. The van der Waals surface area contributed by atoms with Gasteiger partial charge in [-0.3, -0.25) is 0 Å². The molecule has 5 heteroatoms. The number of benzene rings is 2. The topological polar surface area (TPSA) is 26.3 Å². The van der Waals surface area contributed by atoms with E-state index >= 15 is 0 Å². The predicted octanol–water partition coefficient (Wildman–Crippen LogP) is 2.24. The number of carbonyl (C=O) groups excluding carboxylic acids is 1. The molecule has 0 atom stereocenters. The summed E-state index contributed by atoms with van der Waals surface area (Å²) in [4.78, 5) is 12.4. The van der Waals surface area contributed by atoms with Gasteiger partial charge >= 0.3 is 18.9 Å². The number of hydrogen-bond acceptors (Lipinski definition) is 2. The molecule has 2 aromatic rings. The Balaban J connectivity index is 0.00000264. The molecule has 2 nitrogen and oxygen atoms in total. The van der Waals surface area contributed by atoms with Crippen LogP contribution in [-0.2, 0) is 0 Å². The van der Waals surface area contributed by atoms with Crippen LogP contribution in [0.4, 0.5) is 0 Å². The molecular weight excluding hydrogens is 322 g/mol. The van der Waals surface area contributed by atoms with E-state index in [0.717, 1.165) is 16.6 Å². The van der Waals surface area contributed by atoms with E-state index in [-0.39, 0.29) is 30.0 Å². The zero-order valence-electron chi connectivity index (χ0n) is 14.2. The molecule has 2 rings (SSSR count). The van der Waals surface area contributed by atoms with Crippen LogP contribution in [0.25, 0.3) is 0 Å². The molecule has 0 saturated carbocycles. The minimum Gasteiger partial charge on any atom is -0.488 e. The first-order valence-corrected chi connectivity index (χ1v) is 8.34. The van der Waals surface area contributed by atoms with Crippen molar-refractivity contribution in [2.24, 2.45) is 0 Å². The molecule has 0 spiro atoms. The van der Waals surface area contributed by atoms with Crippen molar-refractivity contribution >= 4 is 31.0 Å². The fourth-order valence-corrected chi connectivity index (χ4v) is 3.33. The van der Waals surface area contributed by atoms with Gasteiger partial charge in [-0.25, -0.2) is 0 Å². The minimum absolute atomic E-state index is 0. The first kappa shape index (κ1) is 20.3. The van der Waals surface area contributed by atoms with Crippen LogP contribution in [0.2, 0.25) is 5.02 Å². The van der Waals surface area contributed by atoms with E-state index in [1.54, 1.807) is 6.07 Å². The maximum absolute atomic E-state index is 12.4. The Bertz CT molecular complexity index is 658. The Morgan fingerprint density at radius 2 is 1.70 bits per heavy atom. The number of hydrogen-bond donors (Lipinski definition) is 0. The average Bonchev–Trinajstić information content (AvgIpc) is 2.39. The van der Waals surface area contributed by atoms with Crippen molar-refractivity contribution in [2.45, 2.75) is 33.3 Å². The van der Waals surface area contributed by atoms with Crippen molar-refractivity contribution in [3.05, 3.63) is 58.6 Å². The molecule has 2 aromatic carbocycles. The molecular formula is C18H19ClLiO2P. The molecule has 0 bridgehead atoms. The summed E-state index contributed by atoms with van der Waals surface area (Å²) in [5.41, 5.74) is 1.27. The van der Waals surface area contributed by atoms with Gasteiger partial charge in [0.2, 0.25) is 0 Å². The molecule has 23 heavy (non-hydrogen) atoms. The third-order valence-electron chi connectivity index (χ3n) is 2.93. The third-order valence-corrected chi connectivity index (χ3v) is 4.23. The van der Waals surface area contributed by atoms with Gasteiger partial charge in [0.05, 0.1) is 0 Å². The fourth-order valence-electron chi connectivity index (χ4n) is 2.02. The Hall–Kier alpha value is -0.773. The van der Waals surface area contributed by atoms with Gasteiger partial charge in [-0.1, -0.05) is 35.9 Å². The van der Waals surface area contributed by atoms with E-state index in [1.165, 1.54) is 0 Å². The number of aryl methyl sites for hydroxylation is 1. The number of rotatable bonds is 4. The summed E-state index contributed by atoms with van der Waals surface area (Å²) in [5, 5.41) is 1.43. The summed E-state index contributed by atoms with van der Waals surface area (Å²) in [6.07, 6.45) is 0. The molecule has 0 unspecified atom stereocenters. The summed E-state index contributed by atoms with van der Waals surface area (Å²) in [5.74, 6) is 0.799. The van der Waals surface area contributed by atoms with Gasteiger partial charge in [0.15, 0.2) is 0 Å². The molecule has 0 aliphatic carbocycles. The van der Waals surface area contributed by atoms with E-state index in [4.69, 9.17) is 16.3 Å². The smallest absolute Gasteiger partial charge is 0.488 e. The second-order valence-electron chi connectivity index (χ2n) is 6.06. The van der Waals surface area contributed by atoms with Gasteiger partial charge in [-0.2, -0.15) is 5.30 Å². The van der Waals surface area contributed by atoms with E-state index < -0.39 is 0 Å². The van der Waals surface area contributed by atoms with Gasteiger partial charge in [-0.05, 0) is 51.5 Å². The van der Waals surface area contributed by atoms with Crippen LogP contribution in [0.15, 0.2) is 42.5 Å². The summed E-state index contributed by atoms with van der Waals surface area (Å²) in [7, 11) is 0.613. The molecule has 0 saturated heterocycles. The van der Waals surface area contributed by atoms with Crippen molar-refractivity contribution in [3.8, 4) is 5.75 Å². The van der Waals surface area contributed by atoms with Gasteiger partial charge < -0.3 is 18.1 Å². The summed E-state index contributed by atoms with van der Waals surface area (Å²) in [6, 6.07) is 13.1. The maximum Gasteiger partial charge on any atom is 1.00 e. The summed E-state index contributed by atoms with van der Waals surface area (Å²) in [6.45, 7) is 7.91. The summed E-state index contributed by atoms with van der Waals surface area (Å²) < 4.78 is 5.78. The van der Waals surface area contributed by atoms with Gasteiger partial charge in [-0.15, -0.1) is 0 Å². The molecule has 0 fully saturated rings. The monoisotopic (exact) mass is 340 g/mol. The maximum atomic E-state index is 12.4. The van der Waals surface area contributed by atoms with Crippen LogP contribution in [0.1, 0.15) is 36.7 Å². The van der Waals surface area contributed by atoms with Crippen molar-refractivity contribution in [1.82, 2.24) is 0 Å². The second-order valence-corrected chi connectivity index (χ2v) is 7.61. The molecule has 0 radical (unpaired) electrons. The Morgan fingerprint density at radius 1 is 1.09 bits per heavy atom. The SMILES string of the molecule is Cc1cccc(Cl)c1C(=O)[P-]c1ccc(OC(C)(C)C)cc1.[Li+]. The van der Waals surface area contributed by atoms with E-state index in [0.29, 0.717) is 19.2 Å². The van der Waals surface area contributed by atoms with E-state index in [1.807, 2.05) is 64.1 Å². The van der Waals surface area contributed by atoms with Crippen LogP contribution in [-0.4, -0.2) is 11.1 Å². The number of carbonyl (C=O) groups is 1.